The SMILES string of the molecule is CC1CCc2nc3cc(-c4cccc(C#N)n4)ccc3c(=O)n2CC1. The predicted octanol–water partition coefficient (Wildman–Crippen LogP) is 3.30. The van der Waals surface area contributed by atoms with E-state index in [1.807, 2.05) is 34.9 Å². The fraction of sp³-hybridized carbons (Fsp3) is 0.300. The molecule has 0 radical (unpaired) electrons. The summed E-state index contributed by atoms with van der Waals surface area (Å²) >= 11 is 0. The van der Waals surface area contributed by atoms with Gasteiger partial charge in [0.05, 0.1) is 16.6 Å². The van der Waals surface area contributed by atoms with Gasteiger partial charge in [-0.3, -0.25) is 9.36 Å². The Labute approximate surface area is 145 Å². The highest BCUT2D eigenvalue weighted by Crippen LogP contribution is 2.23. The summed E-state index contributed by atoms with van der Waals surface area (Å²) in [5.41, 5.74) is 2.70. The molecule has 0 saturated carbocycles. The minimum atomic E-state index is 0.0411. The summed E-state index contributed by atoms with van der Waals surface area (Å²) in [7, 11) is 0. The van der Waals surface area contributed by atoms with Gasteiger partial charge in [-0.05, 0) is 43.0 Å². The summed E-state index contributed by atoms with van der Waals surface area (Å²) in [5.74, 6) is 1.48. The number of hydrogen-bond acceptors (Lipinski definition) is 4. The van der Waals surface area contributed by atoms with Crippen molar-refractivity contribution in [3.8, 4) is 17.3 Å². The summed E-state index contributed by atoms with van der Waals surface area (Å²) < 4.78 is 1.83. The van der Waals surface area contributed by atoms with Crippen LogP contribution in [0.3, 0.4) is 0 Å². The third-order valence-corrected chi connectivity index (χ3v) is 4.90. The number of aromatic nitrogens is 3. The minimum Gasteiger partial charge on any atom is -0.296 e. The van der Waals surface area contributed by atoms with E-state index in [1.54, 1.807) is 6.07 Å². The molecule has 124 valence electrons. The number of nitriles is 1. The number of hydrogen-bond donors (Lipinski definition) is 0. The van der Waals surface area contributed by atoms with Crippen LogP contribution in [0.4, 0.5) is 0 Å². The zero-order chi connectivity index (χ0) is 17.4. The fourth-order valence-corrected chi connectivity index (χ4v) is 3.37. The second-order valence-corrected chi connectivity index (χ2v) is 6.67. The minimum absolute atomic E-state index is 0.0411. The van der Waals surface area contributed by atoms with Crippen LogP contribution in [0.1, 0.15) is 31.3 Å². The molecule has 1 atom stereocenters. The van der Waals surface area contributed by atoms with E-state index in [2.05, 4.69) is 18.0 Å². The van der Waals surface area contributed by atoms with Gasteiger partial charge in [0.1, 0.15) is 17.6 Å². The van der Waals surface area contributed by atoms with E-state index < -0.39 is 0 Å². The van der Waals surface area contributed by atoms with Crippen molar-refractivity contribution in [3.05, 3.63) is 58.3 Å². The quantitative estimate of drug-likeness (QED) is 0.686. The third-order valence-electron chi connectivity index (χ3n) is 4.90. The topological polar surface area (TPSA) is 71.6 Å². The van der Waals surface area contributed by atoms with Gasteiger partial charge >= 0.3 is 0 Å². The molecule has 0 aliphatic carbocycles. The maximum absolute atomic E-state index is 12.8. The van der Waals surface area contributed by atoms with Gasteiger partial charge in [0.15, 0.2) is 0 Å². The van der Waals surface area contributed by atoms with E-state index >= 15 is 0 Å². The molecule has 1 unspecified atom stereocenters. The Bertz CT molecular complexity index is 1060. The molecule has 5 nitrogen and oxygen atoms in total. The second-order valence-electron chi connectivity index (χ2n) is 6.67. The molecular formula is C20H18N4O. The van der Waals surface area contributed by atoms with Crippen LogP contribution < -0.4 is 5.56 Å². The number of aryl methyl sites for hydroxylation is 1. The lowest BCUT2D eigenvalue weighted by Crippen LogP contribution is -2.24. The van der Waals surface area contributed by atoms with Crippen LogP contribution in [0.15, 0.2) is 41.2 Å². The van der Waals surface area contributed by atoms with E-state index in [0.29, 0.717) is 28.2 Å². The second kappa shape index (κ2) is 6.14. The van der Waals surface area contributed by atoms with Gasteiger partial charge in [-0.15, -0.1) is 0 Å². The number of pyridine rings is 1. The first-order valence-corrected chi connectivity index (χ1v) is 8.57. The van der Waals surface area contributed by atoms with Gasteiger partial charge in [0.25, 0.3) is 5.56 Å². The highest BCUT2D eigenvalue weighted by atomic mass is 16.1. The smallest absolute Gasteiger partial charge is 0.261 e. The average molecular weight is 330 g/mol. The lowest BCUT2D eigenvalue weighted by atomic mass is 10.0. The first-order chi connectivity index (χ1) is 12.2. The average Bonchev–Trinajstić information content (AvgIpc) is 2.83. The van der Waals surface area contributed by atoms with Gasteiger partial charge in [0, 0.05) is 18.5 Å². The Morgan fingerprint density at radius 1 is 1.20 bits per heavy atom. The van der Waals surface area contributed by atoms with Crippen molar-refractivity contribution in [2.75, 3.05) is 0 Å². The van der Waals surface area contributed by atoms with Crippen LogP contribution >= 0.6 is 0 Å². The molecule has 25 heavy (non-hydrogen) atoms. The van der Waals surface area contributed by atoms with Crippen LogP contribution in [0.2, 0.25) is 0 Å². The molecule has 0 fully saturated rings. The number of rotatable bonds is 1. The molecule has 1 aliphatic heterocycles. The molecule has 1 aliphatic rings. The first kappa shape index (κ1) is 15.5. The molecular weight excluding hydrogens is 312 g/mol. The Morgan fingerprint density at radius 2 is 2.08 bits per heavy atom. The lowest BCUT2D eigenvalue weighted by molar-refractivity contribution is 0.484. The third kappa shape index (κ3) is 2.80. The molecule has 0 spiro atoms. The number of fused-ring (bicyclic) bond motifs is 2. The first-order valence-electron chi connectivity index (χ1n) is 8.57. The van der Waals surface area contributed by atoms with E-state index in [4.69, 9.17) is 10.2 Å². The van der Waals surface area contributed by atoms with Crippen LogP contribution in [0, 0.1) is 17.2 Å². The lowest BCUT2D eigenvalue weighted by Gasteiger charge is -2.11. The van der Waals surface area contributed by atoms with E-state index in [9.17, 15) is 4.79 Å². The molecule has 3 aromatic rings. The Balaban J connectivity index is 1.87. The highest BCUT2D eigenvalue weighted by molar-refractivity contribution is 5.83. The zero-order valence-corrected chi connectivity index (χ0v) is 14.1. The van der Waals surface area contributed by atoms with Crippen LogP contribution in [-0.2, 0) is 13.0 Å². The summed E-state index contributed by atoms with van der Waals surface area (Å²) in [6, 6.07) is 13.0. The van der Waals surface area contributed by atoms with E-state index in [1.165, 1.54) is 0 Å². The molecule has 4 rings (SSSR count). The fourth-order valence-electron chi connectivity index (χ4n) is 3.37. The number of benzene rings is 1. The maximum Gasteiger partial charge on any atom is 0.261 e. The van der Waals surface area contributed by atoms with E-state index in [-0.39, 0.29) is 5.56 Å². The zero-order valence-electron chi connectivity index (χ0n) is 14.1. The van der Waals surface area contributed by atoms with Crippen molar-refractivity contribution in [3.63, 3.8) is 0 Å². The summed E-state index contributed by atoms with van der Waals surface area (Å²) in [6.45, 7) is 2.97. The molecule has 0 saturated heterocycles. The molecule has 0 bridgehead atoms. The van der Waals surface area contributed by atoms with Crippen molar-refractivity contribution >= 4 is 10.9 Å². The van der Waals surface area contributed by atoms with Gasteiger partial charge in [-0.2, -0.15) is 5.26 Å². The summed E-state index contributed by atoms with van der Waals surface area (Å²) in [5, 5.41) is 9.67. The standard InChI is InChI=1S/C20H18N4O/c1-13-5-8-19-23-18-11-14(17-4-2-3-15(12-21)22-17)6-7-16(18)20(25)24(19)10-9-13/h2-4,6-7,11,13H,5,8-10H2,1H3. The normalized spacial score (nSPS) is 16.9. The van der Waals surface area contributed by atoms with Gasteiger partial charge in [0.2, 0.25) is 0 Å². The van der Waals surface area contributed by atoms with Crippen LogP contribution in [0.5, 0.6) is 0 Å². The van der Waals surface area contributed by atoms with Crippen molar-refractivity contribution in [1.82, 2.24) is 14.5 Å². The van der Waals surface area contributed by atoms with Gasteiger partial charge < -0.3 is 0 Å². The molecule has 2 aromatic heterocycles. The molecule has 5 heteroatoms. The van der Waals surface area contributed by atoms with E-state index in [0.717, 1.165) is 37.2 Å². The highest BCUT2D eigenvalue weighted by Gasteiger charge is 2.17. The Kier molecular flexibility index (Phi) is 3.81. The van der Waals surface area contributed by atoms with Crippen molar-refractivity contribution < 1.29 is 0 Å². The molecule has 0 amide bonds. The van der Waals surface area contributed by atoms with Crippen LogP contribution in [-0.4, -0.2) is 14.5 Å². The van der Waals surface area contributed by atoms with Crippen molar-refractivity contribution in [2.24, 2.45) is 5.92 Å². The summed E-state index contributed by atoms with van der Waals surface area (Å²) in [6.07, 6.45) is 2.91. The maximum atomic E-state index is 12.8. The molecule has 1 aromatic carbocycles. The Morgan fingerprint density at radius 3 is 2.92 bits per heavy atom. The van der Waals surface area contributed by atoms with Crippen molar-refractivity contribution in [1.29, 1.82) is 5.26 Å². The summed E-state index contributed by atoms with van der Waals surface area (Å²) in [4.78, 5) is 21.9. The monoisotopic (exact) mass is 330 g/mol. The molecule has 0 N–H and O–H groups in total. The Hall–Kier alpha value is -3.00. The van der Waals surface area contributed by atoms with Crippen molar-refractivity contribution in [2.45, 2.75) is 32.7 Å². The van der Waals surface area contributed by atoms with Crippen LogP contribution in [0.25, 0.3) is 22.2 Å². The number of nitrogens with zero attached hydrogens (tertiary/aromatic N) is 4. The van der Waals surface area contributed by atoms with Gasteiger partial charge in [-0.1, -0.05) is 19.1 Å². The van der Waals surface area contributed by atoms with Gasteiger partial charge in [-0.25, -0.2) is 9.97 Å². The molecule has 3 heterocycles. The predicted molar refractivity (Wildman–Crippen MR) is 96.1 cm³/mol. The largest absolute Gasteiger partial charge is 0.296 e.